The Bertz CT molecular complexity index is 616. The van der Waals surface area contributed by atoms with Gasteiger partial charge in [0.05, 0.1) is 0 Å². The Balaban J connectivity index is 2.59. The van der Waals surface area contributed by atoms with Gasteiger partial charge in [0.2, 0.25) is 0 Å². The van der Waals surface area contributed by atoms with Crippen LogP contribution < -0.4 is 0 Å². The largest absolute Gasteiger partial charge is 0.375 e. The second-order valence-electron chi connectivity index (χ2n) is 7.24. The van der Waals surface area contributed by atoms with Crippen LogP contribution in [0.2, 0.25) is 0 Å². The topological polar surface area (TPSA) is 60.9 Å². The predicted molar refractivity (Wildman–Crippen MR) is 92.0 cm³/mol. The van der Waals surface area contributed by atoms with Crippen molar-refractivity contribution in [1.29, 1.82) is 0 Å². The summed E-state index contributed by atoms with van der Waals surface area (Å²) in [4.78, 5) is 41.3. The standard InChI is InChI=1S/C18H27N3O3/c1-7-21(8-2)13-9-12(10-18(3,4)11-13)14-15(22)19(5)17(24)20(6)16(14)23/h9H,7-8,10-11H2,1-6H3. The first-order chi connectivity index (χ1) is 11.1. The van der Waals surface area contributed by atoms with Gasteiger partial charge in [-0.05, 0) is 43.8 Å². The summed E-state index contributed by atoms with van der Waals surface area (Å²) < 4.78 is 0. The van der Waals surface area contributed by atoms with Crippen LogP contribution in [-0.4, -0.2) is 59.7 Å². The van der Waals surface area contributed by atoms with E-state index in [1.807, 2.05) is 6.08 Å². The van der Waals surface area contributed by atoms with Crippen LogP contribution in [0.15, 0.2) is 22.9 Å². The van der Waals surface area contributed by atoms with Crippen LogP contribution in [-0.2, 0) is 9.59 Å². The Kier molecular flexibility index (Phi) is 4.87. The molecule has 1 saturated heterocycles. The highest BCUT2D eigenvalue weighted by Crippen LogP contribution is 2.41. The number of imide groups is 2. The number of carbonyl (C=O) groups is 3. The lowest BCUT2D eigenvalue weighted by molar-refractivity contribution is -0.134. The fraction of sp³-hybridized carbons (Fsp3) is 0.611. The first-order valence-electron chi connectivity index (χ1n) is 8.41. The molecular formula is C18H27N3O3. The fourth-order valence-electron chi connectivity index (χ4n) is 3.47. The number of hydrogen-bond acceptors (Lipinski definition) is 4. The van der Waals surface area contributed by atoms with E-state index >= 15 is 0 Å². The highest BCUT2D eigenvalue weighted by atomic mass is 16.2. The van der Waals surface area contributed by atoms with Crippen LogP contribution in [0.5, 0.6) is 0 Å². The van der Waals surface area contributed by atoms with Crippen LogP contribution in [0.4, 0.5) is 4.79 Å². The van der Waals surface area contributed by atoms with Gasteiger partial charge in [-0.3, -0.25) is 19.4 Å². The summed E-state index contributed by atoms with van der Waals surface area (Å²) in [6.45, 7) is 10.2. The smallest absolute Gasteiger partial charge is 0.333 e. The lowest BCUT2D eigenvalue weighted by Gasteiger charge is -2.38. The number of carbonyl (C=O) groups excluding carboxylic acids is 3. The monoisotopic (exact) mass is 333 g/mol. The van der Waals surface area contributed by atoms with Crippen molar-refractivity contribution in [2.75, 3.05) is 27.2 Å². The molecule has 0 aromatic rings. The average molecular weight is 333 g/mol. The minimum absolute atomic E-state index is 0.0475. The molecule has 2 rings (SSSR count). The third kappa shape index (κ3) is 3.09. The summed E-state index contributed by atoms with van der Waals surface area (Å²) in [5, 5.41) is 0. The third-order valence-corrected chi connectivity index (χ3v) is 4.77. The van der Waals surface area contributed by atoms with Crippen LogP contribution in [0, 0.1) is 5.41 Å². The first kappa shape index (κ1) is 18.2. The van der Waals surface area contributed by atoms with Gasteiger partial charge in [-0.2, -0.15) is 0 Å². The van der Waals surface area contributed by atoms with Crippen LogP contribution in [0.25, 0.3) is 0 Å². The summed E-state index contributed by atoms with van der Waals surface area (Å²) in [6, 6.07) is -0.586. The summed E-state index contributed by atoms with van der Waals surface area (Å²) in [5.41, 5.74) is 1.95. The van der Waals surface area contributed by atoms with E-state index in [0.29, 0.717) is 6.42 Å². The molecule has 0 saturated carbocycles. The number of nitrogens with zero attached hydrogens (tertiary/aromatic N) is 3. The molecule has 0 radical (unpaired) electrons. The maximum atomic E-state index is 12.6. The summed E-state index contributed by atoms with van der Waals surface area (Å²) >= 11 is 0. The van der Waals surface area contributed by atoms with Crippen molar-refractivity contribution in [2.45, 2.75) is 40.5 Å². The Morgan fingerprint density at radius 3 is 1.96 bits per heavy atom. The van der Waals surface area contributed by atoms with Crippen LogP contribution in [0.3, 0.4) is 0 Å². The van der Waals surface area contributed by atoms with Gasteiger partial charge < -0.3 is 4.90 Å². The lowest BCUT2D eigenvalue weighted by atomic mass is 9.75. The molecule has 4 amide bonds. The zero-order valence-electron chi connectivity index (χ0n) is 15.5. The molecule has 6 nitrogen and oxygen atoms in total. The second kappa shape index (κ2) is 6.42. The van der Waals surface area contributed by atoms with Gasteiger partial charge in [-0.15, -0.1) is 0 Å². The molecule has 0 N–H and O–H groups in total. The molecule has 1 fully saturated rings. The van der Waals surface area contributed by atoms with Crippen molar-refractivity contribution in [3.8, 4) is 0 Å². The molecule has 2 aliphatic rings. The molecule has 1 heterocycles. The SMILES string of the molecule is CCN(CC)C1=CC(=C2C(=O)N(C)C(=O)N(C)C2=O)CC(C)(C)C1. The van der Waals surface area contributed by atoms with Gasteiger partial charge in [-0.1, -0.05) is 13.8 Å². The van der Waals surface area contributed by atoms with Gasteiger partial charge in [-0.25, -0.2) is 4.79 Å². The zero-order valence-corrected chi connectivity index (χ0v) is 15.5. The van der Waals surface area contributed by atoms with E-state index < -0.39 is 17.8 Å². The molecule has 132 valence electrons. The minimum Gasteiger partial charge on any atom is -0.375 e. The Morgan fingerprint density at radius 2 is 1.50 bits per heavy atom. The van der Waals surface area contributed by atoms with Crippen LogP contribution >= 0.6 is 0 Å². The van der Waals surface area contributed by atoms with E-state index in [0.717, 1.165) is 40.6 Å². The molecule has 0 bridgehead atoms. The Morgan fingerprint density at radius 1 is 1.00 bits per heavy atom. The number of urea groups is 1. The number of likely N-dealkylation sites (N-methyl/N-ethyl adjacent to an activating group) is 2. The van der Waals surface area contributed by atoms with Gasteiger partial charge in [0, 0.05) is 32.9 Å². The molecule has 6 heteroatoms. The van der Waals surface area contributed by atoms with Crippen molar-refractivity contribution in [1.82, 2.24) is 14.7 Å². The summed E-state index contributed by atoms with van der Waals surface area (Å²) in [5.74, 6) is -1.02. The van der Waals surface area contributed by atoms with Crippen molar-refractivity contribution in [3.63, 3.8) is 0 Å². The molecule has 24 heavy (non-hydrogen) atoms. The molecule has 0 spiro atoms. The predicted octanol–water partition coefficient (Wildman–Crippen LogP) is 2.38. The number of hydrogen-bond donors (Lipinski definition) is 0. The molecule has 1 aliphatic heterocycles. The maximum Gasteiger partial charge on any atom is 0.333 e. The van der Waals surface area contributed by atoms with E-state index in [-0.39, 0.29) is 11.0 Å². The second-order valence-corrected chi connectivity index (χ2v) is 7.24. The highest BCUT2D eigenvalue weighted by molar-refractivity contribution is 6.29. The zero-order chi connectivity index (χ0) is 18.2. The molecule has 0 unspecified atom stereocenters. The normalized spacial score (nSPS) is 21.4. The van der Waals surface area contributed by atoms with Gasteiger partial charge in [0.25, 0.3) is 11.8 Å². The minimum atomic E-state index is -0.586. The fourth-order valence-corrected chi connectivity index (χ4v) is 3.47. The number of barbiturate groups is 1. The summed E-state index contributed by atoms with van der Waals surface area (Å²) in [7, 11) is 2.83. The number of allylic oxidation sites excluding steroid dienone is 3. The van der Waals surface area contributed by atoms with E-state index in [9.17, 15) is 14.4 Å². The van der Waals surface area contributed by atoms with Crippen molar-refractivity contribution in [3.05, 3.63) is 22.9 Å². The molecule has 0 atom stereocenters. The molecule has 1 aliphatic carbocycles. The molecular weight excluding hydrogens is 306 g/mol. The van der Waals surface area contributed by atoms with Gasteiger partial charge >= 0.3 is 6.03 Å². The van der Waals surface area contributed by atoms with E-state index in [1.54, 1.807) is 0 Å². The molecule has 0 aromatic carbocycles. The molecule has 0 aromatic heterocycles. The van der Waals surface area contributed by atoms with Gasteiger partial charge in [0.15, 0.2) is 0 Å². The highest BCUT2D eigenvalue weighted by Gasteiger charge is 2.41. The lowest BCUT2D eigenvalue weighted by Crippen LogP contribution is -2.53. The number of amides is 4. The first-order valence-corrected chi connectivity index (χ1v) is 8.41. The quantitative estimate of drug-likeness (QED) is 0.588. The maximum absolute atomic E-state index is 12.6. The third-order valence-electron chi connectivity index (χ3n) is 4.77. The average Bonchev–Trinajstić information content (AvgIpc) is 2.51. The van der Waals surface area contributed by atoms with Gasteiger partial charge in [0.1, 0.15) is 5.57 Å². The van der Waals surface area contributed by atoms with Crippen molar-refractivity contribution >= 4 is 17.8 Å². The Labute approximate surface area is 143 Å². The van der Waals surface area contributed by atoms with Crippen molar-refractivity contribution in [2.24, 2.45) is 5.41 Å². The van der Waals surface area contributed by atoms with E-state index in [4.69, 9.17) is 0 Å². The Hall–Kier alpha value is -2.11. The summed E-state index contributed by atoms with van der Waals surface area (Å²) in [6.07, 6.45) is 3.51. The van der Waals surface area contributed by atoms with E-state index in [1.165, 1.54) is 14.1 Å². The number of rotatable bonds is 3. The van der Waals surface area contributed by atoms with E-state index in [2.05, 4.69) is 32.6 Å². The van der Waals surface area contributed by atoms with Crippen molar-refractivity contribution < 1.29 is 14.4 Å². The van der Waals surface area contributed by atoms with Crippen LogP contribution in [0.1, 0.15) is 40.5 Å².